The summed E-state index contributed by atoms with van der Waals surface area (Å²) >= 11 is 0. The quantitative estimate of drug-likeness (QED) is 0.493. The summed E-state index contributed by atoms with van der Waals surface area (Å²) in [6, 6.07) is 12.5. The normalized spacial score (nSPS) is 10.2. The second-order valence-corrected chi connectivity index (χ2v) is 3.95. The summed E-state index contributed by atoms with van der Waals surface area (Å²) in [4.78, 5) is 0. The number of nitrogens with zero attached hydrogens (tertiary/aromatic N) is 2. The Labute approximate surface area is 141 Å². The first kappa shape index (κ1) is 16.5. The Morgan fingerprint density at radius 1 is 1.05 bits per heavy atom. The molecule has 4 N–H and O–H groups in total. The van der Waals surface area contributed by atoms with Gasteiger partial charge in [-0.15, -0.1) is 5.11 Å². The van der Waals surface area contributed by atoms with Crippen LogP contribution in [0, 0.1) is 0 Å². The standard InChI is InChI=1S/C14H16N4O.Na.H/c1-2-19-12-6-4-11(5-7-12)17-18-14-8-3-10(15)9-13(14)16;;/h3-9H,2,15-16H2,1H3;;/q;+1;-1. The van der Waals surface area contributed by atoms with Crippen LogP contribution in [0.25, 0.3) is 0 Å². The van der Waals surface area contributed by atoms with E-state index >= 15 is 0 Å². The van der Waals surface area contributed by atoms with Gasteiger partial charge in [0.1, 0.15) is 11.4 Å². The van der Waals surface area contributed by atoms with Gasteiger partial charge in [0.2, 0.25) is 0 Å². The van der Waals surface area contributed by atoms with Crippen molar-refractivity contribution in [3.8, 4) is 5.75 Å². The van der Waals surface area contributed by atoms with Crippen LogP contribution in [0.15, 0.2) is 52.7 Å². The first-order valence-electron chi connectivity index (χ1n) is 5.98. The topological polar surface area (TPSA) is 86.0 Å². The van der Waals surface area contributed by atoms with Crippen molar-refractivity contribution < 1.29 is 35.7 Å². The Bertz CT molecular complexity index is 590. The second-order valence-electron chi connectivity index (χ2n) is 3.95. The smallest absolute Gasteiger partial charge is 1.00 e. The van der Waals surface area contributed by atoms with Crippen molar-refractivity contribution >= 4 is 22.7 Å². The molecular weight excluding hydrogens is 263 g/mol. The summed E-state index contributed by atoms with van der Waals surface area (Å²) in [5.74, 6) is 0.813. The maximum absolute atomic E-state index is 5.80. The van der Waals surface area contributed by atoms with Gasteiger partial charge in [0.15, 0.2) is 0 Å². The van der Waals surface area contributed by atoms with Crippen LogP contribution >= 0.6 is 0 Å². The minimum absolute atomic E-state index is 0. The molecule has 0 aliphatic carbocycles. The Balaban J connectivity index is 0.00000200. The molecule has 0 saturated heterocycles. The van der Waals surface area contributed by atoms with E-state index in [1.807, 2.05) is 31.2 Å². The van der Waals surface area contributed by atoms with Crippen LogP contribution in [0.5, 0.6) is 5.75 Å². The van der Waals surface area contributed by atoms with E-state index in [0.717, 1.165) is 11.4 Å². The van der Waals surface area contributed by atoms with Gasteiger partial charge in [0.25, 0.3) is 0 Å². The summed E-state index contributed by atoms with van der Waals surface area (Å²) < 4.78 is 5.35. The van der Waals surface area contributed by atoms with Crippen LogP contribution < -0.4 is 45.8 Å². The molecule has 0 aromatic heterocycles. The average molecular weight is 280 g/mol. The average Bonchev–Trinajstić information content (AvgIpc) is 2.40. The molecule has 0 unspecified atom stereocenters. The van der Waals surface area contributed by atoms with Gasteiger partial charge in [-0.05, 0) is 49.4 Å². The van der Waals surface area contributed by atoms with Gasteiger partial charge in [-0.3, -0.25) is 0 Å². The summed E-state index contributed by atoms with van der Waals surface area (Å²) in [5, 5.41) is 8.21. The molecule has 2 aromatic carbocycles. The molecule has 0 amide bonds. The van der Waals surface area contributed by atoms with Crippen molar-refractivity contribution in [2.45, 2.75) is 6.92 Å². The van der Waals surface area contributed by atoms with Crippen molar-refractivity contribution in [2.24, 2.45) is 10.2 Å². The third kappa shape index (κ3) is 4.52. The molecule has 2 rings (SSSR count). The van der Waals surface area contributed by atoms with E-state index in [2.05, 4.69) is 10.2 Å². The molecule has 0 heterocycles. The minimum atomic E-state index is 0. The van der Waals surface area contributed by atoms with E-state index in [4.69, 9.17) is 16.2 Å². The van der Waals surface area contributed by atoms with Crippen LogP contribution in [-0.4, -0.2) is 6.61 Å². The number of azo groups is 1. The number of hydrogen-bond acceptors (Lipinski definition) is 5. The van der Waals surface area contributed by atoms with Crippen LogP contribution in [-0.2, 0) is 0 Å². The Morgan fingerprint density at radius 2 is 1.75 bits per heavy atom. The van der Waals surface area contributed by atoms with Crippen LogP contribution in [0.4, 0.5) is 22.7 Å². The maximum atomic E-state index is 5.80. The first-order chi connectivity index (χ1) is 9.19. The zero-order valence-corrected chi connectivity index (χ0v) is 13.7. The molecule has 0 radical (unpaired) electrons. The van der Waals surface area contributed by atoms with Crippen molar-refractivity contribution in [1.82, 2.24) is 0 Å². The number of benzene rings is 2. The predicted molar refractivity (Wildman–Crippen MR) is 78.2 cm³/mol. The van der Waals surface area contributed by atoms with E-state index in [1.54, 1.807) is 18.2 Å². The second kappa shape index (κ2) is 7.89. The van der Waals surface area contributed by atoms with Gasteiger partial charge in [-0.1, -0.05) is 0 Å². The fourth-order valence-corrected chi connectivity index (χ4v) is 1.55. The van der Waals surface area contributed by atoms with Crippen LogP contribution in [0.3, 0.4) is 0 Å². The van der Waals surface area contributed by atoms with Gasteiger partial charge in [0.05, 0.1) is 18.0 Å². The van der Waals surface area contributed by atoms with Crippen molar-refractivity contribution in [3.05, 3.63) is 42.5 Å². The Kier molecular flexibility index (Phi) is 6.51. The van der Waals surface area contributed by atoms with Crippen LogP contribution in [0.1, 0.15) is 8.35 Å². The molecule has 0 aliphatic rings. The molecule has 0 spiro atoms. The van der Waals surface area contributed by atoms with Crippen molar-refractivity contribution in [2.75, 3.05) is 18.1 Å². The summed E-state index contributed by atoms with van der Waals surface area (Å²) in [5.41, 5.74) is 13.9. The van der Waals surface area contributed by atoms with Gasteiger partial charge >= 0.3 is 29.6 Å². The van der Waals surface area contributed by atoms with E-state index in [0.29, 0.717) is 23.7 Å². The zero-order valence-electron chi connectivity index (χ0n) is 12.7. The third-order valence-electron chi connectivity index (χ3n) is 2.47. The van der Waals surface area contributed by atoms with Gasteiger partial charge in [-0.25, -0.2) is 0 Å². The molecular formula is C14H17N4NaO. The Morgan fingerprint density at radius 3 is 2.35 bits per heavy atom. The zero-order chi connectivity index (χ0) is 13.7. The Hall–Kier alpha value is -1.56. The summed E-state index contributed by atoms with van der Waals surface area (Å²) in [6.45, 7) is 2.58. The number of nitrogens with two attached hydrogens (primary N) is 2. The fourth-order valence-electron chi connectivity index (χ4n) is 1.55. The minimum Gasteiger partial charge on any atom is -1.00 e. The molecule has 5 nitrogen and oxygen atoms in total. The van der Waals surface area contributed by atoms with Gasteiger partial charge < -0.3 is 17.6 Å². The molecule has 20 heavy (non-hydrogen) atoms. The van der Waals surface area contributed by atoms with Crippen molar-refractivity contribution in [1.29, 1.82) is 0 Å². The SMILES string of the molecule is CCOc1ccc(N=Nc2ccc(N)cc2N)cc1.[H-].[Na+]. The van der Waals surface area contributed by atoms with E-state index in [-0.39, 0.29) is 31.0 Å². The number of nitrogen functional groups attached to an aromatic ring is 2. The first-order valence-corrected chi connectivity index (χ1v) is 5.98. The number of rotatable bonds is 4. The molecule has 100 valence electrons. The van der Waals surface area contributed by atoms with E-state index in [1.165, 1.54) is 0 Å². The molecule has 0 fully saturated rings. The summed E-state index contributed by atoms with van der Waals surface area (Å²) in [6.07, 6.45) is 0. The molecule has 6 heteroatoms. The van der Waals surface area contributed by atoms with Gasteiger partial charge in [0, 0.05) is 5.69 Å². The monoisotopic (exact) mass is 280 g/mol. The maximum Gasteiger partial charge on any atom is 1.00 e. The molecule has 0 aliphatic heterocycles. The molecule has 0 atom stereocenters. The van der Waals surface area contributed by atoms with Gasteiger partial charge in [-0.2, -0.15) is 5.11 Å². The molecule has 2 aromatic rings. The molecule has 0 saturated carbocycles. The molecule has 0 bridgehead atoms. The van der Waals surface area contributed by atoms with Crippen molar-refractivity contribution in [3.63, 3.8) is 0 Å². The summed E-state index contributed by atoms with van der Waals surface area (Å²) in [7, 11) is 0. The predicted octanol–water partition coefficient (Wildman–Crippen LogP) is 0.782. The van der Waals surface area contributed by atoms with E-state index in [9.17, 15) is 0 Å². The van der Waals surface area contributed by atoms with Crippen LogP contribution in [0.2, 0.25) is 0 Å². The largest absolute Gasteiger partial charge is 1.00 e. The van der Waals surface area contributed by atoms with E-state index < -0.39 is 0 Å². The third-order valence-corrected chi connectivity index (χ3v) is 2.47. The fraction of sp³-hybridized carbons (Fsp3) is 0.143. The number of anilines is 2. The number of ether oxygens (including phenoxy) is 1. The number of hydrogen-bond donors (Lipinski definition) is 2.